The highest BCUT2D eigenvalue weighted by atomic mass is 19.4. The third kappa shape index (κ3) is 5.60. The Morgan fingerprint density at radius 2 is 1.82 bits per heavy atom. The van der Waals surface area contributed by atoms with Gasteiger partial charge in [0.05, 0.1) is 11.8 Å². The van der Waals surface area contributed by atoms with Gasteiger partial charge < -0.3 is 15.7 Å². The SMILES string of the molecule is C[C@H](Nc1nc(C(F)(F)F)ccc1-c1cc(Nc2cccc3c2C[C@H](O)CC3)ncn1)c1ccc(F)cc1. The number of hydrogen-bond acceptors (Lipinski definition) is 6. The predicted molar refractivity (Wildman–Crippen MR) is 136 cm³/mol. The van der Waals surface area contributed by atoms with E-state index in [0.717, 1.165) is 29.3 Å². The van der Waals surface area contributed by atoms with Crippen molar-refractivity contribution in [1.82, 2.24) is 15.0 Å². The molecule has 0 bridgehead atoms. The lowest BCUT2D eigenvalue weighted by molar-refractivity contribution is -0.141. The average Bonchev–Trinajstić information content (AvgIpc) is 2.89. The lowest BCUT2D eigenvalue weighted by Crippen LogP contribution is -2.19. The van der Waals surface area contributed by atoms with E-state index in [1.54, 1.807) is 25.1 Å². The molecule has 38 heavy (non-hydrogen) atoms. The van der Waals surface area contributed by atoms with Crippen molar-refractivity contribution in [3.05, 3.63) is 95.2 Å². The van der Waals surface area contributed by atoms with E-state index in [-0.39, 0.29) is 5.82 Å². The second kappa shape index (κ2) is 10.4. The molecule has 196 valence electrons. The standard InChI is InChI=1S/C28H25F4N5O/c1-16(17-5-8-19(29)9-6-17)35-27-21(11-12-25(37-27)28(30,31)32)24-14-26(34-15-33-24)36-23-4-2-3-18-7-10-20(38)13-22(18)23/h2-6,8-9,11-12,14-16,20,38H,7,10,13H2,1H3,(H,35,37)(H,33,34,36)/t16-,20+/m0/s1. The topological polar surface area (TPSA) is 83.0 Å². The molecule has 0 amide bonds. The number of anilines is 3. The van der Waals surface area contributed by atoms with E-state index in [4.69, 9.17) is 0 Å². The van der Waals surface area contributed by atoms with Crippen molar-refractivity contribution in [3.8, 4) is 11.3 Å². The van der Waals surface area contributed by atoms with Crippen molar-refractivity contribution in [2.24, 2.45) is 0 Å². The highest BCUT2D eigenvalue weighted by Crippen LogP contribution is 2.35. The van der Waals surface area contributed by atoms with Gasteiger partial charge in [-0.2, -0.15) is 13.2 Å². The number of aromatic nitrogens is 3. The number of alkyl halides is 3. The number of nitrogens with one attached hydrogen (secondary N) is 2. The number of benzene rings is 2. The van der Waals surface area contributed by atoms with Gasteiger partial charge in [0.2, 0.25) is 0 Å². The van der Waals surface area contributed by atoms with Gasteiger partial charge in [-0.1, -0.05) is 24.3 Å². The van der Waals surface area contributed by atoms with Gasteiger partial charge >= 0.3 is 6.18 Å². The first-order chi connectivity index (χ1) is 18.2. The van der Waals surface area contributed by atoms with Crippen molar-refractivity contribution < 1.29 is 22.7 Å². The molecule has 0 saturated heterocycles. The monoisotopic (exact) mass is 523 g/mol. The van der Waals surface area contributed by atoms with Crippen LogP contribution in [0.5, 0.6) is 0 Å². The molecular weight excluding hydrogens is 498 g/mol. The van der Waals surface area contributed by atoms with Gasteiger partial charge in [-0.15, -0.1) is 0 Å². The Hall–Kier alpha value is -4.05. The van der Waals surface area contributed by atoms with Crippen LogP contribution in [0.1, 0.15) is 41.8 Å². The highest BCUT2D eigenvalue weighted by Gasteiger charge is 2.33. The van der Waals surface area contributed by atoms with Crippen molar-refractivity contribution in [3.63, 3.8) is 0 Å². The molecule has 4 aromatic rings. The molecule has 2 aromatic heterocycles. The molecule has 0 spiro atoms. The smallest absolute Gasteiger partial charge is 0.393 e. The fourth-order valence-corrected chi connectivity index (χ4v) is 4.57. The minimum atomic E-state index is -4.64. The van der Waals surface area contributed by atoms with Gasteiger partial charge in [-0.25, -0.2) is 19.3 Å². The molecule has 2 heterocycles. The van der Waals surface area contributed by atoms with Crippen molar-refractivity contribution >= 4 is 17.3 Å². The fourth-order valence-electron chi connectivity index (χ4n) is 4.57. The summed E-state index contributed by atoms with van der Waals surface area (Å²) in [6.07, 6.45) is -1.72. The molecule has 0 aliphatic heterocycles. The highest BCUT2D eigenvalue weighted by molar-refractivity contribution is 5.75. The third-order valence-corrected chi connectivity index (χ3v) is 6.57. The summed E-state index contributed by atoms with van der Waals surface area (Å²) in [5, 5.41) is 16.5. The van der Waals surface area contributed by atoms with E-state index >= 15 is 0 Å². The molecule has 2 aromatic carbocycles. The molecule has 0 radical (unpaired) electrons. The first-order valence-electron chi connectivity index (χ1n) is 12.2. The summed E-state index contributed by atoms with van der Waals surface area (Å²) in [6, 6.07) is 15.0. The summed E-state index contributed by atoms with van der Waals surface area (Å²) >= 11 is 0. The number of aliphatic hydroxyl groups excluding tert-OH is 1. The van der Waals surface area contributed by atoms with Crippen LogP contribution in [0.4, 0.5) is 34.9 Å². The van der Waals surface area contributed by atoms with E-state index in [9.17, 15) is 22.7 Å². The van der Waals surface area contributed by atoms with Crippen LogP contribution in [-0.2, 0) is 19.0 Å². The van der Waals surface area contributed by atoms with Crippen LogP contribution in [0.3, 0.4) is 0 Å². The molecule has 0 unspecified atom stereocenters. The van der Waals surface area contributed by atoms with Gasteiger partial charge in [-0.05, 0) is 66.8 Å². The Kier molecular flexibility index (Phi) is 6.98. The molecule has 0 fully saturated rings. The summed E-state index contributed by atoms with van der Waals surface area (Å²) in [5.41, 5.74) is 3.32. The van der Waals surface area contributed by atoms with Gasteiger partial charge in [-0.3, -0.25) is 0 Å². The lowest BCUT2D eigenvalue weighted by atomic mass is 9.88. The summed E-state index contributed by atoms with van der Waals surface area (Å²) in [7, 11) is 0. The molecule has 10 heteroatoms. The quantitative estimate of drug-likeness (QED) is 0.252. The normalized spacial score (nSPS) is 16.0. The summed E-state index contributed by atoms with van der Waals surface area (Å²) in [4.78, 5) is 12.4. The zero-order chi connectivity index (χ0) is 26.9. The number of fused-ring (bicyclic) bond motifs is 1. The van der Waals surface area contributed by atoms with E-state index in [2.05, 4.69) is 25.6 Å². The zero-order valence-electron chi connectivity index (χ0n) is 20.4. The van der Waals surface area contributed by atoms with Crippen LogP contribution in [0.15, 0.2) is 67.0 Å². The largest absolute Gasteiger partial charge is 0.433 e. The Labute approximate surface area is 216 Å². The van der Waals surface area contributed by atoms with Crippen LogP contribution < -0.4 is 10.6 Å². The lowest BCUT2D eigenvalue weighted by Gasteiger charge is -2.23. The van der Waals surface area contributed by atoms with Crippen molar-refractivity contribution in [2.75, 3.05) is 10.6 Å². The van der Waals surface area contributed by atoms with Crippen LogP contribution in [-0.4, -0.2) is 26.2 Å². The van der Waals surface area contributed by atoms with Crippen LogP contribution in [0.2, 0.25) is 0 Å². The van der Waals surface area contributed by atoms with E-state index < -0.39 is 29.8 Å². The Morgan fingerprint density at radius 1 is 1.03 bits per heavy atom. The molecule has 1 aliphatic carbocycles. The van der Waals surface area contributed by atoms with Crippen LogP contribution >= 0.6 is 0 Å². The second-order valence-electron chi connectivity index (χ2n) is 9.26. The first-order valence-corrected chi connectivity index (χ1v) is 12.2. The van der Waals surface area contributed by atoms with E-state index in [0.29, 0.717) is 35.5 Å². The van der Waals surface area contributed by atoms with Gasteiger partial charge in [0.1, 0.15) is 29.5 Å². The molecule has 0 saturated carbocycles. The molecule has 5 rings (SSSR count). The molecular formula is C28H25F4N5O. The number of rotatable bonds is 6. The number of hydrogen-bond donors (Lipinski definition) is 3. The molecule has 2 atom stereocenters. The second-order valence-corrected chi connectivity index (χ2v) is 9.26. The Bertz CT molecular complexity index is 1440. The van der Waals surface area contributed by atoms with Crippen LogP contribution in [0.25, 0.3) is 11.3 Å². The number of aliphatic hydroxyl groups is 1. The fraction of sp³-hybridized carbons (Fsp3) is 0.250. The summed E-state index contributed by atoms with van der Waals surface area (Å²) in [6.45, 7) is 1.75. The minimum Gasteiger partial charge on any atom is -0.393 e. The summed E-state index contributed by atoms with van der Waals surface area (Å²) < 4.78 is 53.8. The predicted octanol–water partition coefficient (Wildman–Crippen LogP) is 6.46. The molecule has 6 nitrogen and oxygen atoms in total. The van der Waals surface area contributed by atoms with Gasteiger partial charge in [0.25, 0.3) is 0 Å². The van der Waals surface area contributed by atoms with Crippen molar-refractivity contribution in [2.45, 2.75) is 44.5 Å². The first kappa shape index (κ1) is 25.6. The third-order valence-electron chi connectivity index (χ3n) is 6.57. The maximum absolute atomic E-state index is 13.5. The van der Waals surface area contributed by atoms with E-state index in [1.807, 2.05) is 18.2 Å². The number of aryl methyl sites for hydroxylation is 1. The Morgan fingerprint density at radius 3 is 2.58 bits per heavy atom. The zero-order valence-corrected chi connectivity index (χ0v) is 20.4. The number of halogens is 4. The van der Waals surface area contributed by atoms with Gasteiger partial charge in [0.15, 0.2) is 0 Å². The van der Waals surface area contributed by atoms with Crippen molar-refractivity contribution in [1.29, 1.82) is 0 Å². The number of nitrogens with zero attached hydrogens (tertiary/aromatic N) is 3. The maximum atomic E-state index is 13.5. The minimum absolute atomic E-state index is 0.0125. The number of pyridine rings is 1. The van der Waals surface area contributed by atoms with Gasteiger partial charge in [0, 0.05) is 29.8 Å². The average molecular weight is 524 g/mol. The van der Waals surface area contributed by atoms with E-state index in [1.165, 1.54) is 24.5 Å². The Balaban J connectivity index is 1.49. The van der Waals surface area contributed by atoms with Crippen LogP contribution in [0, 0.1) is 5.82 Å². The summed E-state index contributed by atoms with van der Waals surface area (Å²) in [5.74, 6) is 0.0245. The molecule has 3 N–H and O–H groups in total. The molecule has 1 aliphatic rings. The maximum Gasteiger partial charge on any atom is 0.433 e.